The number of carbonyl (C=O) groups is 2. The van der Waals surface area contributed by atoms with Crippen LogP contribution < -0.4 is 11.1 Å². The summed E-state index contributed by atoms with van der Waals surface area (Å²) >= 11 is 12.3. The molecule has 5 rings (SSSR count). The fourth-order valence-corrected chi connectivity index (χ4v) is 5.15. The molecule has 200 valence electrons. The molecule has 2 heterocycles. The third kappa shape index (κ3) is 6.32. The van der Waals surface area contributed by atoms with Crippen molar-refractivity contribution in [1.29, 1.82) is 0 Å². The highest BCUT2D eigenvalue weighted by molar-refractivity contribution is 6.39. The molecule has 10 heteroatoms. The Morgan fingerprint density at radius 3 is 2.21 bits per heavy atom. The third-order valence-electron chi connectivity index (χ3n) is 6.59. The molecule has 1 aromatic heterocycles. The van der Waals surface area contributed by atoms with E-state index in [-0.39, 0.29) is 12.5 Å². The normalized spacial score (nSPS) is 16.2. The number of carbonyl (C=O) groups excluding carboxylic acids is 2. The summed E-state index contributed by atoms with van der Waals surface area (Å²) in [6.45, 7) is 1.74. The van der Waals surface area contributed by atoms with Gasteiger partial charge in [-0.1, -0.05) is 89.9 Å². The number of primary amides is 1. The minimum absolute atomic E-state index is 0.0295. The summed E-state index contributed by atoms with van der Waals surface area (Å²) in [5.74, 6) is 0.385. The van der Waals surface area contributed by atoms with Crippen LogP contribution in [0, 0.1) is 0 Å². The van der Waals surface area contributed by atoms with Gasteiger partial charge in [0, 0.05) is 30.8 Å². The Kier molecular flexibility index (Phi) is 8.28. The van der Waals surface area contributed by atoms with E-state index in [4.69, 9.17) is 38.3 Å². The van der Waals surface area contributed by atoms with Crippen LogP contribution in [0.1, 0.15) is 5.89 Å². The van der Waals surface area contributed by atoms with Crippen molar-refractivity contribution in [3.05, 3.63) is 94.8 Å². The van der Waals surface area contributed by atoms with E-state index in [1.54, 1.807) is 23.1 Å². The predicted molar refractivity (Wildman–Crippen MR) is 152 cm³/mol. The van der Waals surface area contributed by atoms with Crippen LogP contribution in [0.15, 0.2) is 83.3 Å². The lowest BCUT2D eigenvalue weighted by molar-refractivity contribution is -0.128. The molecule has 1 saturated heterocycles. The molecule has 1 aliphatic rings. The number of para-hydroxylation sites is 1. The largest absolute Gasteiger partial charge is 0.439 e. The first-order valence-corrected chi connectivity index (χ1v) is 13.2. The van der Waals surface area contributed by atoms with E-state index in [0.717, 1.165) is 16.8 Å². The monoisotopic (exact) mass is 563 g/mol. The molecule has 2 amide bonds. The standard InChI is InChI=1S/C29H27Cl2N5O3/c30-21-12-7-13-22(31)27(21)33-24(37)17-36-15-14-35(16-23(36)29(32)38)18-25-34-26(19-8-3-1-4-9-19)28(39-25)20-10-5-2-6-11-20/h1-13,23H,14-18H2,(H2,32,38)(H,33,37). The van der Waals surface area contributed by atoms with Gasteiger partial charge in [0.25, 0.3) is 0 Å². The van der Waals surface area contributed by atoms with Crippen LogP contribution in [0.5, 0.6) is 0 Å². The maximum Gasteiger partial charge on any atom is 0.238 e. The topological polar surface area (TPSA) is 105 Å². The van der Waals surface area contributed by atoms with Gasteiger partial charge >= 0.3 is 0 Å². The van der Waals surface area contributed by atoms with Gasteiger partial charge in [-0.3, -0.25) is 19.4 Å². The summed E-state index contributed by atoms with van der Waals surface area (Å²) in [7, 11) is 0. The van der Waals surface area contributed by atoms with Gasteiger partial charge in [-0.25, -0.2) is 4.98 Å². The molecule has 4 aromatic rings. The number of nitrogens with two attached hydrogens (primary N) is 1. The fraction of sp³-hybridized carbons (Fsp3) is 0.207. The highest BCUT2D eigenvalue weighted by Gasteiger charge is 2.33. The molecule has 3 N–H and O–H groups in total. The fourth-order valence-electron chi connectivity index (χ4n) is 4.66. The van der Waals surface area contributed by atoms with Crippen LogP contribution in [-0.4, -0.2) is 58.8 Å². The van der Waals surface area contributed by atoms with E-state index < -0.39 is 11.9 Å². The second-order valence-electron chi connectivity index (χ2n) is 9.29. The highest BCUT2D eigenvalue weighted by atomic mass is 35.5. The average Bonchev–Trinajstić information content (AvgIpc) is 3.36. The number of piperazine rings is 1. The number of nitrogens with zero attached hydrogens (tertiary/aromatic N) is 3. The van der Waals surface area contributed by atoms with Crippen LogP contribution in [0.3, 0.4) is 0 Å². The van der Waals surface area contributed by atoms with E-state index in [1.165, 1.54) is 0 Å². The molecule has 0 aliphatic carbocycles. The van der Waals surface area contributed by atoms with Crippen LogP contribution in [0.2, 0.25) is 10.0 Å². The molecule has 0 bridgehead atoms. The Hall–Kier alpha value is -3.69. The molecular weight excluding hydrogens is 537 g/mol. The number of hydrogen-bond donors (Lipinski definition) is 2. The average molecular weight is 564 g/mol. The quantitative estimate of drug-likeness (QED) is 0.315. The molecule has 1 aliphatic heterocycles. The van der Waals surface area contributed by atoms with Crippen molar-refractivity contribution < 1.29 is 14.0 Å². The number of anilines is 1. The highest BCUT2D eigenvalue weighted by Crippen LogP contribution is 2.33. The number of halogens is 2. The smallest absolute Gasteiger partial charge is 0.238 e. The first kappa shape index (κ1) is 26.9. The molecule has 39 heavy (non-hydrogen) atoms. The van der Waals surface area contributed by atoms with Gasteiger partial charge in [-0.05, 0) is 12.1 Å². The molecule has 3 aromatic carbocycles. The number of aromatic nitrogens is 1. The predicted octanol–water partition coefficient (Wildman–Crippen LogP) is 4.93. The van der Waals surface area contributed by atoms with Gasteiger partial charge in [-0.2, -0.15) is 0 Å². The van der Waals surface area contributed by atoms with E-state index in [9.17, 15) is 9.59 Å². The van der Waals surface area contributed by atoms with E-state index in [2.05, 4.69) is 10.2 Å². The number of nitrogens with one attached hydrogen (secondary N) is 1. The number of rotatable bonds is 8. The zero-order valence-electron chi connectivity index (χ0n) is 21.0. The van der Waals surface area contributed by atoms with Crippen molar-refractivity contribution in [3.63, 3.8) is 0 Å². The van der Waals surface area contributed by atoms with E-state index >= 15 is 0 Å². The number of oxazole rings is 1. The van der Waals surface area contributed by atoms with Crippen molar-refractivity contribution in [1.82, 2.24) is 14.8 Å². The van der Waals surface area contributed by atoms with E-state index in [0.29, 0.717) is 53.6 Å². The van der Waals surface area contributed by atoms with Crippen molar-refractivity contribution in [2.24, 2.45) is 5.73 Å². The second kappa shape index (κ2) is 12.0. The Bertz CT molecular complexity index is 1390. The lowest BCUT2D eigenvalue weighted by atomic mass is 10.1. The minimum atomic E-state index is -0.664. The van der Waals surface area contributed by atoms with Crippen LogP contribution in [0.4, 0.5) is 5.69 Å². The molecule has 8 nitrogen and oxygen atoms in total. The summed E-state index contributed by atoms with van der Waals surface area (Å²) in [5.41, 5.74) is 8.74. The summed E-state index contributed by atoms with van der Waals surface area (Å²) in [6.07, 6.45) is 0. The lowest BCUT2D eigenvalue weighted by Crippen LogP contribution is -2.59. The van der Waals surface area contributed by atoms with Crippen LogP contribution in [-0.2, 0) is 16.1 Å². The molecule has 0 radical (unpaired) electrons. The first-order chi connectivity index (χ1) is 18.9. The number of hydrogen-bond acceptors (Lipinski definition) is 6. The lowest BCUT2D eigenvalue weighted by Gasteiger charge is -2.39. The zero-order chi connectivity index (χ0) is 27.4. The molecule has 1 atom stereocenters. The van der Waals surface area contributed by atoms with Gasteiger partial charge in [0.15, 0.2) is 5.76 Å². The Morgan fingerprint density at radius 2 is 1.56 bits per heavy atom. The first-order valence-electron chi connectivity index (χ1n) is 12.5. The molecule has 1 unspecified atom stereocenters. The van der Waals surface area contributed by atoms with Gasteiger partial charge in [0.05, 0.1) is 28.8 Å². The second-order valence-corrected chi connectivity index (χ2v) is 10.1. The maximum absolute atomic E-state index is 12.8. The Balaban J connectivity index is 1.30. The Morgan fingerprint density at radius 1 is 0.923 bits per heavy atom. The van der Waals surface area contributed by atoms with Crippen LogP contribution in [0.25, 0.3) is 22.6 Å². The summed E-state index contributed by atoms with van der Waals surface area (Å²) in [5, 5.41) is 3.41. The van der Waals surface area contributed by atoms with Crippen molar-refractivity contribution in [3.8, 4) is 22.6 Å². The Labute approximate surface area is 236 Å². The van der Waals surface area contributed by atoms with Gasteiger partial charge in [-0.15, -0.1) is 0 Å². The van der Waals surface area contributed by atoms with Gasteiger partial charge in [0.1, 0.15) is 11.7 Å². The van der Waals surface area contributed by atoms with E-state index in [1.807, 2.05) is 60.7 Å². The van der Waals surface area contributed by atoms with Gasteiger partial charge < -0.3 is 15.5 Å². The molecular formula is C29H27Cl2N5O3. The third-order valence-corrected chi connectivity index (χ3v) is 7.22. The number of benzene rings is 3. The number of amides is 2. The van der Waals surface area contributed by atoms with Crippen molar-refractivity contribution in [2.75, 3.05) is 31.5 Å². The van der Waals surface area contributed by atoms with Crippen LogP contribution >= 0.6 is 23.2 Å². The zero-order valence-corrected chi connectivity index (χ0v) is 22.5. The maximum atomic E-state index is 12.8. The molecule has 1 fully saturated rings. The summed E-state index contributed by atoms with van der Waals surface area (Å²) in [6, 6.07) is 24.0. The van der Waals surface area contributed by atoms with Crippen molar-refractivity contribution >= 4 is 40.7 Å². The molecule has 0 spiro atoms. The van der Waals surface area contributed by atoms with Crippen molar-refractivity contribution in [2.45, 2.75) is 12.6 Å². The van der Waals surface area contributed by atoms with Gasteiger partial charge in [0.2, 0.25) is 17.7 Å². The SMILES string of the molecule is NC(=O)C1CN(Cc2nc(-c3ccccc3)c(-c3ccccc3)o2)CCN1CC(=O)Nc1c(Cl)cccc1Cl. The summed E-state index contributed by atoms with van der Waals surface area (Å²) < 4.78 is 6.26. The minimum Gasteiger partial charge on any atom is -0.439 e. The summed E-state index contributed by atoms with van der Waals surface area (Å²) in [4.78, 5) is 33.8. The molecule has 0 saturated carbocycles.